The molecule has 0 aliphatic heterocycles. The van der Waals surface area contributed by atoms with Crippen LogP contribution in [0.2, 0.25) is 0 Å². The Kier molecular flexibility index (Phi) is 4.56. The van der Waals surface area contributed by atoms with Gasteiger partial charge in [0.25, 0.3) is 5.91 Å². The van der Waals surface area contributed by atoms with E-state index in [0.717, 1.165) is 20.4 Å². The van der Waals surface area contributed by atoms with Crippen molar-refractivity contribution >= 4 is 34.9 Å². The number of hydrogen-bond donors (Lipinski definition) is 1. The van der Waals surface area contributed by atoms with E-state index in [-0.39, 0.29) is 5.91 Å². The van der Waals surface area contributed by atoms with Crippen molar-refractivity contribution < 1.29 is 4.79 Å². The highest BCUT2D eigenvalue weighted by atomic mass is 32.2. The minimum atomic E-state index is -0.175. The number of anilines is 1. The number of carbonyl (C=O) groups is 1. The maximum Gasteiger partial charge on any atom is 0.275 e. The van der Waals surface area contributed by atoms with Gasteiger partial charge in [0.2, 0.25) is 0 Å². The molecule has 0 bridgehead atoms. The Morgan fingerprint density at radius 2 is 1.82 bits per heavy atom. The molecule has 22 heavy (non-hydrogen) atoms. The van der Waals surface area contributed by atoms with Gasteiger partial charge in [-0.1, -0.05) is 42.1 Å². The van der Waals surface area contributed by atoms with Crippen molar-refractivity contribution in [2.24, 2.45) is 0 Å². The van der Waals surface area contributed by atoms with Gasteiger partial charge < -0.3 is 5.32 Å². The molecule has 0 saturated carbocycles. The molecule has 0 radical (unpaired) electrons. The molecule has 0 aliphatic carbocycles. The van der Waals surface area contributed by atoms with Gasteiger partial charge in [0.1, 0.15) is 5.69 Å². The van der Waals surface area contributed by atoms with Crippen LogP contribution in [0.3, 0.4) is 0 Å². The largest absolute Gasteiger partial charge is 0.320 e. The third kappa shape index (κ3) is 3.55. The van der Waals surface area contributed by atoms with Crippen LogP contribution < -0.4 is 5.32 Å². The van der Waals surface area contributed by atoms with Gasteiger partial charge in [-0.15, -0.1) is 0 Å². The summed E-state index contributed by atoms with van der Waals surface area (Å²) in [6.45, 7) is 1.94. The highest BCUT2D eigenvalue weighted by molar-refractivity contribution is 7.99. The van der Waals surface area contributed by atoms with E-state index in [1.165, 1.54) is 11.5 Å². The van der Waals surface area contributed by atoms with Gasteiger partial charge in [0.15, 0.2) is 0 Å². The summed E-state index contributed by atoms with van der Waals surface area (Å²) in [5, 5.41) is 2.94. The fraction of sp³-hybridized carbons (Fsp3) is 0.0588. The fourth-order valence-electron chi connectivity index (χ4n) is 1.93. The molecule has 0 fully saturated rings. The van der Waals surface area contributed by atoms with Crippen LogP contribution in [0.25, 0.3) is 0 Å². The molecule has 110 valence electrons. The molecule has 0 aliphatic rings. The van der Waals surface area contributed by atoms with Gasteiger partial charge in [0.05, 0.1) is 5.69 Å². The number of amides is 1. The van der Waals surface area contributed by atoms with Crippen molar-refractivity contribution in [3.63, 3.8) is 0 Å². The lowest BCUT2D eigenvalue weighted by Gasteiger charge is -2.09. The number of nitrogens with zero attached hydrogens (tertiary/aromatic N) is 1. The summed E-state index contributed by atoms with van der Waals surface area (Å²) in [5.41, 5.74) is 1.26. The van der Waals surface area contributed by atoms with E-state index < -0.39 is 0 Å². The normalized spacial score (nSPS) is 10.4. The highest BCUT2D eigenvalue weighted by Gasteiger charge is 2.12. The summed E-state index contributed by atoms with van der Waals surface area (Å²) in [6, 6.07) is 19.7. The van der Waals surface area contributed by atoms with Crippen LogP contribution >= 0.6 is 23.3 Å². The Morgan fingerprint density at radius 3 is 2.55 bits per heavy atom. The summed E-state index contributed by atoms with van der Waals surface area (Å²) < 4.78 is 4.15. The van der Waals surface area contributed by atoms with E-state index in [2.05, 4.69) is 9.69 Å². The van der Waals surface area contributed by atoms with Gasteiger partial charge in [-0.2, -0.15) is 4.37 Å². The number of aromatic nitrogens is 1. The SMILES string of the molecule is Cc1cc(C(=O)Nc2ccccc2Sc2ccccc2)ns1. The average Bonchev–Trinajstić information content (AvgIpc) is 2.97. The molecule has 2 aromatic carbocycles. The molecule has 1 heterocycles. The quantitative estimate of drug-likeness (QED) is 0.745. The minimum absolute atomic E-state index is 0.175. The standard InChI is InChI=1S/C17H14N2OS2/c1-12-11-15(19-22-12)17(20)18-14-9-5-6-10-16(14)21-13-7-3-2-4-8-13/h2-11H,1H3,(H,18,20). The summed E-state index contributed by atoms with van der Waals surface area (Å²) in [5.74, 6) is -0.175. The van der Waals surface area contributed by atoms with E-state index >= 15 is 0 Å². The number of hydrogen-bond acceptors (Lipinski definition) is 4. The first-order valence-electron chi connectivity index (χ1n) is 6.79. The number of rotatable bonds is 4. The van der Waals surface area contributed by atoms with Crippen molar-refractivity contribution in [2.45, 2.75) is 16.7 Å². The van der Waals surface area contributed by atoms with Crippen molar-refractivity contribution in [1.29, 1.82) is 0 Å². The van der Waals surface area contributed by atoms with E-state index in [9.17, 15) is 4.79 Å². The van der Waals surface area contributed by atoms with Gasteiger partial charge in [-0.05, 0) is 48.8 Å². The van der Waals surface area contributed by atoms with Crippen LogP contribution in [-0.2, 0) is 0 Å². The molecule has 0 saturated heterocycles. The molecular formula is C17H14N2OS2. The van der Waals surface area contributed by atoms with Gasteiger partial charge in [-0.3, -0.25) is 4.79 Å². The van der Waals surface area contributed by atoms with Crippen LogP contribution in [-0.4, -0.2) is 10.3 Å². The van der Waals surface area contributed by atoms with E-state index in [0.29, 0.717) is 5.69 Å². The number of nitrogens with one attached hydrogen (secondary N) is 1. The summed E-state index contributed by atoms with van der Waals surface area (Å²) in [7, 11) is 0. The molecule has 1 aromatic heterocycles. The van der Waals surface area contributed by atoms with Crippen LogP contribution in [0.15, 0.2) is 70.5 Å². The molecule has 5 heteroatoms. The predicted octanol–water partition coefficient (Wildman–Crippen LogP) is 4.86. The summed E-state index contributed by atoms with van der Waals surface area (Å²) in [4.78, 5) is 15.4. The zero-order valence-corrected chi connectivity index (χ0v) is 13.6. The second-order valence-electron chi connectivity index (χ2n) is 4.69. The molecule has 3 rings (SSSR count). The van der Waals surface area contributed by atoms with E-state index in [1.807, 2.05) is 61.5 Å². The Labute approximate surface area is 137 Å². The zero-order valence-electron chi connectivity index (χ0n) is 11.9. The molecule has 1 amide bonds. The fourth-order valence-corrected chi connectivity index (χ4v) is 3.40. The molecular weight excluding hydrogens is 312 g/mol. The maximum absolute atomic E-state index is 12.3. The lowest BCUT2D eigenvalue weighted by molar-refractivity contribution is 0.102. The van der Waals surface area contributed by atoms with Gasteiger partial charge >= 0.3 is 0 Å². The first kappa shape index (κ1) is 14.8. The number of benzene rings is 2. The van der Waals surface area contributed by atoms with E-state index in [4.69, 9.17) is 0 Å². The second-order valence-corrected chi connectivity index (χ2v) is 6.81. The molecule has 3 nitrogen and oxygen atoms in total. The molecule has 0 atom stereocenters. The molecule has 0 spiro atoms. The number of para-hydroxylation sites is 1. The van der Waals surface area contributed by atoms with Crippen LogP contribution in [0.1, 0.15) is 15.4 Å². The van der Waals surface area contributed by atoms with Crippen molar-refractivity contribution in [3.8, 4) is 0 Å². The predicted molar refractivity (Wildman–Crippen MR) is 91.8 cm³/mol. The highest BCUT2D eigenvalue weighted by Crippen LogP contribution is 2.33. The topological polar surface area (TPSA) is 42.0 Å². The second kappa shape index (κ2) is 6.77. The van der Waals surface area contributed by atoms with Gasteiger partial charge in [0, 0.05) is 14.7 Å². The third-order valence-electron chi connectivity index (χ3n) is 2.97. The molecule has 0 unspecified atom stereocenters. The van der Waals surface area contributed by atoms with E-state index in [1.54, 1.807) is 17.8 Å². The Morgan fingerprint density at radius 1 is 1.09 bits per heavy atom. The Balaban J connectivity index is 1.81. The number of carbonyl (C=O) groups excluding carboxylic acids is 1. The minimum Gasteiger partial charge on any atom is -0.320 e. The Bertz CT molecular complexity index is 784. The molecule has 1 N–H and O–H groups in total. The van der Waals surface area contributed by atoms with Crippen LogP contribution in [0.4, 0.5) is 5.69 Å². The average molecular weight is 326 g/mol. The molecule has 3 aromatic rings. The van der Waals surface area contributed by atoms with Crippen LogP contribution in [0, 0.1) is 6.92 Å². The first-order valence-corrected chi connectivity index (χ1v) is 8.38. The van der Waals surface area contributed by atoms with Crippen molar-refractivity contribution in [1.82, 2.24) is 4.37 Å². The summed E-state index contributed by atoms with van der Waals surface area (Å²) in [6.07, 6.45) is 0. The van der Waals surface area contributed by atoms with Gasteiger partial charge in [-0.25, -0.2) is 0 Å². The van der Waals surface area contributed by atoms with Crippen LogP contribution in [0.5, 0.6) is 0 Å². The zero-order chi connectivity index (χ0) is 15.4. The monoisotopic (exact) mass is 326 g/mol. The third-order valence-corrected chi connectivity index (χ3v) is 4.74. The lowest BCUT2D eigenvalue weighted by Crippen LogP contribution is -2.12. The lowest BCUT2D eigenvalue weighted by atomic mass is 10.3. The van der Waals surface area contributed by atoms with Crippen molar-refractivity contribution in [3.05, 3.63) is 71.2 Å². The van der Waals surface area contributed by atoms with Crippen molar-refractivity contribution in [2.75, 3.05) is 5.32 Å². The summed E-state index contributed by atoms with van der Waals surface area (Å²) >= 11 is 2.96. The number of aryl methyl sites for hydroxylation is 1. The maximum atomic E-state index is 12.3. The first-order chi connectivity index (χ1) is 10.7. The smallest absolute Gasteiger partial charge is 0.275 e. The Hall–Kier alpha value is -2.11.